The molecule has 0 heterocycles. The van der Waals surface area contributed by atoms with Crippen molar-refractivity contribution >= 4 is 15.8 Å². The van der Waals surface area contributed by atoms with E-state index in [4.69, 9.17) is 5.11 Å². The number of sulfone groups is 1. The van der Waals surface area contributed by atoms with Crippen molar-refractivity contribution in [3.63, 3.8) is 0 Å². The molecule has 0 aliphatic carbocycles. The van der Waals surface area contributed by atoms with Crippen LogP contribution >= 0.6 is 0 Å². The van der Waals surface area contributed by atoms with Crippen LogP contribution in [0.5, 0.6) is 0 Å². The number of carbonyl (C=O) groups is 1. The van der Waals surface area contributed by atoms with Gasteiger partial charge in [0.2, 0.25) is 0 Å². The maximum atomic E-state index is 12.1. The van der Waals surface area contributed by atoms with E-state index >= 15 is 0 Å². The van der Waals surface area contributed by atoms with Crippen molar-refractivity contribution in [2.24, 2.45) is 5.92 Å². The molecule has 0 aliphatic heterocycles. The Morgan fingerprint density at radius 2 is 1.78 bits per heavy atom. The number of aliphatic carboxylic acids is 1. The fraction of sp³-hybridized carbons (Fsp3) is 0.462. The Hall–Kier alpha value is -1.36. The molecular weight excluding hydrogens is 252 g/mol. The molecule has 18 heavy (non-hydrogen) atoms. The van der Waals surface area contributed by atoms with E-state index in [0.717, 1.165) is 0 Å². The molecular formula is C13H18O4S. The van der Waals surface area contributed by atoms with Crippen LogP contribution < -0.4 is 0 Å². The van der Waals surface area contributed by atoms with Gasteiger partial charge >= 0.3 is 5.97 Å². The molecule has 4 nitrogen and oxygen atoms in total. The van der Waals surface area contributed by atoms with Crippen LogP contribution in [0.3, 0.4) is 0 Å². The number of carboxylic acids is 1. The minimum atomic E-state index is -3.67. The number of rotatable bonds is 6. The maximum absolute atomic E-state index is 12.1. The van der Waals surface area contributed by atoms with Gasteiger partial charge in [-0.05, 0) is 17.9 Å². The first kappa shape index (κ1) is 14.7. The lowest BCUT2D eigenvalue weighted by Gasteiger charge is -2.14. The summed E-state index contributed by atoms with van der Waals surface area (Å²) < 4.78 is 24.2. The molecule has 100 valence electrons. The van der Waals surface area contributed by atoms with E-state index in [9.17, 15) is 13.2 Å². The summed E-state index contributed by atoms with van der Waals surface area (Å²) in [5.74, 6) is -1.19. The van der Waals surface area contributed by atoms with Gasteiger partial charge in [-0.25, -0.2) is 8.42 Å². The predicted octanol–water partition coefficient (Wildman–Crippen LogP) is 2.27. The van der Waals surface area contributed by atoms with Gasteiger partial charge in [0.15, 0.2) is 15.1 Å². The third kappa shape index (κ3) is 3.84. The van der Waals surface area contributed by atoms with Crippen molar-refractivity contribution in [1.82, 2.24) is 0 Å². The molecule has 0 aromatic heterocycles. The zero-order chi connectivity index (χ0) is 13.8. The monoisotopic (exact) mass is 270 g/mol. The topological polar surface area (TPSA) is 71.4 Å². The molecule has 1 atom stereocenters. The fourth-order valence-electron chi connectivity index (χ4n) is 1.65. The molecule has 0 saturated heterocycles. The first-order valence-corrected chi connectivity index (χ1v) is 7.55. The summed E-state index contributed by atoms with van der Waals surface area (Å²) in [6, 6.07) is 8.08. The van der Waals surface area contributed by atoms with Crippen molar-refractivity contribution in [3.8, 4) is 0 Å². The minimum absolute atomic E-state index is 0.101. The van der Waals surface area contributed by atoms with Gasteiger partial charge in [-0.2, -0.15) is 0 Å². The molecule has 0 amide bonds. The molecule has 0 fully saturated rings. The smallest absolute Gasteiger partial charge is 0.326 e. The molecule has 1 rings (SSSR count). The molecule has 0 radical (unpaired) electrons. The summed E-state index contributed by atoms with van der Waals surface area (Å²) in [7, 11) is -3.67. The van der Waals surface area contributed by atoms with Crippen molar-refractivity contribution in [1.29, 1.82) is 0 Å². The molecule has 1 aromatic rings. The first-order chi connectivity index (χ1) is 8.34. The van der Waals surface area contributed by atoms with E-state index in [2.05, 4.69) is 0 Å². The molecule has 1 unspecified atom stereocenters. The van der Waals surface area contributed by atoms with Crippen molar-refractivity contribution in [2.45, 2.75) is 25.5 Å². The second-order valence-corrected chi connectivity index (χ2v) is 6.88. The van der Waals surface area contributed by atoms with Gasteiger partial charge in [0, 0.05) is 0 Å². The average molecular weight is 270 g/mol. The third-order valence-corrected chi connectivity index (χ3v) is 4.66. The minimum Gasteiger partial charge on any atom is -0.480 e. The van der Waals surface area contributed by atoms with Gasteiger partial charge in [0.1, 0.15) is 0 Å². The average Bonchev–Trinajstić information content (AvgIpc) is 2.27. The number of benzene rings is 1. The van der Waals surface area contributed by atoms with Gasteiger partial charge in [-0.1, -0.05) is 44.2 Å². The molecule has 1 aromatic carbocycles. The lowest BCUT2D eigenvalue weighted by Crippen LogP contribution is -2.25. The highest BCUT2D eigenvalue weighted by Crippen LogP contribution is 2.24. The lowest BCUT2D eigenvalue weighted by atomic mass is 10.1. The summed E-state index contributed by atoms with van der Waals surface area (Å²) >= 11 is 0. The molecule has 0 spiro atoms. The Labute approximate surface area is 108 Å². The normalized spacial score (nSPS) is 13.5. The van der Waals surface area contributed by atoms with Gasteiger partial charge < -0.3 is 5.11 Å². The van der Waals surface area contributed by atoms with Crippen LogP contribution in [-0.4, -0.2) is 25.2 Å². The largest absolute Gasteiger partial charge is 0.480 e. The molecule has 5 heteroatoms. The van der Waals surface area contributed by atoms with Crippen LogP contribution in [0.15, 0.2) is 30.3 Å². The molecule has 0 aliphatic rings. The predicted molar refractivity (Wildman–Crippen MR) is 70.1 cm³/mol. The van der Waals surface area contributed by atoms with Crippen LogP contribution in [0.25, 0.3) is 0 Å². The van der Waals surface area contributed by atoms with Gasteiger partial charge in [-0.15, -0.1) is 0 Å². The summed E-state index contributed by atoms with van der Waals surface area (Å²) in [6.45, 7) is 3.82. The third-order valence-electron chi connectivity index (χ3n) is 2.67. The molecule has 0 bridgehead atoms. The summed E-state index contributed by atoms with van der Waals surface area (Å²) in [6.07, 6.45) is 0.471. The zero-order valence-corrected chi connectivity index (χ0v) is 11.4. The van der Waals surface area contributed by atoms with Gasteiger partial charge in [-0.3, -0.25) is 4.79 Å². The van der Waals surface area contributed by atoms with E-state index in [1.165, 1.54) is 12.1 Å². The van der Waals surface area contributed by atoms with E-state index in [-0.39, 0.29) is 11.7 Å². The quantitative estimate of drug-likeness (QED) is 0.860. The van der Waals surface area contributed by atoms with Crippen molar-refractivity contribution in [3.05, 3.63) is 35.9 Å². The Bertz CT molecular complexity index is 491. The molecule has 0 saturated carbocycles. The van der Waals surface area contributed by atoms with Crippen LogP contribution in [-0.2, 0) is 14.6 Å². The van der Waals surface area contributed by atoms with Crippen LogP contribution in [0.4, 0.5) is 0 Å². The molecule has 1 N–H and O–H groups in total. The highest BCUT2D eigenvalue weighted by molar-refractivity contribution is 7.92. The van der Waals surface area contributed by atoms with Gasteiger partial charge in [0.25, 0.3) is 0 Å². The number of hydrogen-bond acceptors (Lipinski definition) is 3. The van der Waals surface area contributed by atoms with Crippen molar-refractivity contribution in [2.75, 3.05) is 5.75 Å². The van der Waals surface area contributed by atoms with Crippen LogP contribution in [0.2, 0.25) is 0 Å². The Kier molecular flexibility index (Phi) is 4.90. The second-order valence-electron chi connectivity index (χ2n) is 4.68. The summed E-state index contributed by atoms with van der Waals surface area (Å²) in [4.78, 5) is 11.2. The van der Waals surface area contributed by atoms with Gasteiger partial charge in [0.05, 0.1) is 5.75 Å². The SMILES string of the molecule is CC(C)CCS(=O)(=O)C(C(=O)O)c1ccccc1. The Balaban J connectivity index is 3.03. The first-order valence-electron chi connectivity index (χ1n) is 5.84. The van der Waals surface area contributed by atoms with E-state index < -0.39 is 21.1 Å². The number of carboxylic acid groups (broad SMARTS) is 1. The second kappa shape index (κ2) is 6.00. The summed E-state index contributed by atoms with van der Waals surface area (Å²) in [5.41, 5.74) is 0.314. The lowest BCUT2D eigenvalue weighted by molar-refractivity contribution is -0.136. The standard InChI is InChI=1S/C13H18O4S/c1-10(2)8-9-18(16,17)12(13(14)15)11-6-4-3-5-7-11/h3-7,10,12H,8-9H2,1-2H3,(H,14,15). The maximum Gasteiger partial charge on any atom is 0.326 e. The van der Waals surface area contributed by atoms with E-state index in [0.29, 0.717) is 12.0 Å². The summed E-state index contributed by atoms with van der Waals surface area (Å²) in [5, 5.41) is 7.69. The number of hydrogen-bond donors (Lipinski definition) is 1. The van der Waals surface area contributed by atoms with E-state index in [1.807, 2.05) is 13.8 Å². The van der Waals surface area contributed by atoms with E-state index in [1.54, 1.807) is 18.2 Å². The van der Waals surface area contributed by atoms with Crippen LogP contribution in [0.1, 0.15) is 31.1 Å². The highest BCUT2D eigenvalue weighted by atomic mass is 32.2. The van der Waals surface area contributed by atoms with Crippen molar-refractivity contribution < 1.29 is 18.3 Å². The highest BCUT2D eigenvalue weighted by Gasteiger charge is 2.33. The Morgan fingerprint density at radius 3 is 2.22 bits per heavy atom. The van der Waals surface area contributed by atoms with Crippen LogP contribution in [0, 0.1) is 5.92 Å². The fourth-order valence-corrected chi connectivity index (χ4v) is 3.56. The zero-order valence-electron chi connectivity index (χ0n) is 10.5. The Morgan fingerprint density at radius 1 is 1.22 bits per heavy atom.